The summed E-state index contributed by atoms with van der Waals surface area (Å²) in [5, 5.41) is 34.1. The predicted octanol–water partition coefficient (Wildman–Crippen LogP) is -0.890. The highest BCUT2D eigenvalue weighted by molar-refractivity contribution is 7.98. The van der Waals surface area contributed by atoms with Gasteiger partial charge in [-0.25, -0.2) is 0 Å². The summed E-state index contributed by atoms with van der Waals surface area (Å²) in [6, 6.07) is -2.45. The molecular weight excluding hydrogens is 414 g/mol. The van der Waals surface area contributed by atoms with E-state index in [9.17, 15) is 24.6 Å². The Bertz CT molecular complexity index is 534. The highest BCUT2D eigenvalue weighted by atomic mass is 32.2. The molecule has 0 spiro atoms. The fraction of sp³-hybridized carbons (Fsp3) is 0.842. The van der Waals surface area contributed by atoms with Gasteiger partial charge in [0.2, 0.25) is 5.91 Å². The Morgan fingerprint density at radius 2 is 1.93 bits per heavy atom. The molecule has 1 saturated heterocycles. The highest BCUT2D eigenvalue weighted by Gasteiger charge is 2.41. The summed E-state index contributed by atoms with van der Waals surface area (Å²) in [6.45, 7) is 6.17. The smallest absolute Gasteiger partial charge is 0.305 e. The van der Waals surface area contributed by atoms with Gasteiger partial charge in [-0.05, 0) is 19.1 Å². The number of aliphatic hydroxyl groups is 2. The Hall–Kier alpha value is -1.24. The zero-order valence-corrected chi connectivity index (χ0v) is 19.0. The van der Waals surface area contributed by atoms with E-state index in [1.807, 2.05) is 6.26 Å². The van der Waals surface area contributed by atoms with E-state index in [0.717, 1.165) is 12.3 Å². The summed E-state index contributed by atoms with van der Waals surface area (Å²) >= 11 is 1.78. The van der Waals surface area contributed by atoms with Gasteiger partial charge >= 0.3 is 5.97 Å². The number of Topliss-reactive ketones (excluding diaryl/α,β-unsaturated/α-hetero) is 1. The van der Waals surface area contributed by atoms with Gasteiger partial charge in [-0.2, -0.15) is 11.8 Å². The zero-order chi connectivity index (χ0) is 23.3. The lowest BCUT2D eigenvalue weighted by Crippen LogP contribution is -2.59. The highest BCUT2D eigenvalue weighted by Crippen LogP contribution is 2.19. The molecular formula is C19H37N3O7S. The number of aliphatic hydroxyl groups excluding tert-OH is 2. The number of carbonyl (C=O) groups excluding carboxylic acids is 2. The summed E-state index contributed by atoms with van der Waals surface area (Å²) < 4.78 is 5.35. The molecule has 0 bridgehead atoms. The normalized spacial score (nSPS) is 21.3. The minimum Gasteiger partial charge on any atom is -0.481 e. The molecule has 10 nitrogen and oxygen atoms in total. The lowest BCUT2D eigenvalue weighted by atomic mass is 9.96. The number of ether oxygens (including phenoxy) is 1. The number of thioether (sulfide) groups is 1. The summed E-state index contributed by atoms with van der Waals surface area (Å²) in [5.41, 5.74) is 5.12. The Labute approximate surface area is 182 Å². The standard InChI is InChI=1S/C16H28N2O7.C3H9NS/c1-4-10(19)14(23)13(15-11(20)5-6-25-15)18-16(24)9(7-12(21)22)17-8(2)3;1-5-3-2-4/h8-11,13,15,17,19-20H,4-7H2,1-3H3,(H,18,24)(H,21,22);2-4H2,1H3. The van der Waals surface area contributed by atoms with Crippen LogP contribution in [0.2, 0.25) is 0 Å². The van der Waals surface area contributed by atoms with Crippen molar-refractivity contribution >= 4 is 29.4 Å². The van der Waals surface area contributed by atoms with Crippen LogP contribution in [0, 0.1) is 0 Å². The fourth-order valence-electron chi connectivity index (χ4n) is 2.82. The van der Waals surface area contributed by atoms with Crippen molar-refractivity contribution in [3.63, 3.8) is 0 Å². The minimum atomic E-state index is -1.31. The zero-order valence-electron chi connectivity index (χ0n) is 18.2. The largest absolute Gasteiger partial charge is 0.481 e. The molecule has 1 amide bonds. The number of carboxylic acids is 1. The molecule has 1 aliphatic heterocycles. The van der Waals surface area contributed by atoms with E-state index < -0.39 is 54.5 Å². The van der Waals surface area contributed by atoms with Gasteiger partial charge in [0.05, 0.1) is 18.6 Å². The molecule has 0 aromatic carbocycles. The number of amides is 1. The second-order valence-electron chi connectivity index (χ2n) is 7.26. The van der Waals surface area contributed by atoms with Crippen LogP contribution < -0.4 is 16.4 Å². The molecule has 0 aromatic rings. The number of ketones is 1. The Morgan fingerprint density at radius 1 is 1.30 bits per heavy atom. The van der Waals surface area contributed by atoms with Crippen LogP contribution >= 0.6 is 11.8 Å². The molecule has 0 saturated carbocycles. The molecule has 176 valence electrons. The maximum Gasteiger partial charge on any atom is 0.305 e. The van der Waals surface area contributed by atoms with E-state index in [-0.39, 0.29) is 19.1 Å². The molecule has 30 heavy (non-hydrogen) atoms. The number of nitrogens with one attached hydrogen (secondary N) is 2. The van der Waals surface area contributed by atoms with Gasteiger partial charge < -0.3 is 36.4 Å². The van der Waals surface area contributed by atoms with Crippen LogP contribution in [-0.4, -0.2) is 94.6 Å². The van der Waals surface area contributed by atoms with Gasteiger partial charge in [-0.1, -0.05) is 20.8 Å². The second kappa shape index (κ2) is 15.5. The lowest BCUT2D eigenvalue weighted by Gasteiger charge is -2.29. The van der Waals surface area contributed by atoms with E-state index >= 15 is 0 Å². The van der Waals surface area contributed by atoms with Gasteiger partial charge in [-0.15, -0.1) is 0 Å². The topological polar surface area (TPSA) is 171 Å². The van der Waals surface area contributed by atoms with Crippen LogP contribution in [0.15, 0.2) is 0 Å². The number of nitrogens with two attached hydrogens (primary N) is 1. The fourth-order valence-corrected chi connectivity index (χ4v) is 3.05. The van der Waals surface area contributed by atoms with Crippen LogP contribution in [0.1, 0.15) is 40.0 Å². The number of aliphatic carboxylic acids is 1. The van der Waals surface area contributed by atoms with Gasteiger partial charge in [0, 0.05) is 24.9 Å². The van der Waals surface area contributed by atoms with Crippen molar-refractivity contribution in [3.8, 4) is 0 Å². The van der Waals surface area contributed by atoms with Crippen molar-refractivity contribution in [1.29, 1.82) is 0 Å². The Kier molecular flexibility index (Phi) is 14.9. The molecule has 0 radical (unpaired) electrons. The second-order valence-corrected chi connectivity index (χ2v) is 8.24. The number of rotatable bonds is 12. The van der Waals surface area contributed by atoms with Crippen LogP contribution in [-0.2, 0) is 19.1 Å². The van der Waals surface area contributed by atoms with Crippen molar-refractivity contribution < 1.29 is 34.4 Å². The van der Waals surface area contributed by atoms with Crippen LogP contribution in [0.25, 0.3) is 0 Å². The average molecular weight is 452 g/mol. The molecule has 5 atom stereocenters. The van der Waals surface area contributed by atoms with Gasteiger partial charge in [0.25, 0.3) is 0 Å². The summed E-state index contributed by atoms with van der Waals surface area (Å²) in [4.78, 5) is 35.9. The monoisotopic (exact) mass is 451 g/mol. The van der Waals surface area contributed by atoms with E-state index in [1.165, 1.54) is 0 Å². The molecule has 5 unspecified atom stereocenters. The first-order valence-electron chi connectivity index (χ1n) is 10.1. The lowest BCUT2D eigenvalue weighted by molar-refractivity contribution is -0.142. The van der Waals surface area contributed by atoms with Gasteiger partial charge in [0.15, 0.2) is 5.78 Å². The third-order valence-corrected chi connectivity index (χ3v) is 4.95. The molecule has 11 heteroatoms. The van der Waals surface area contributed by atoms with E-state index in [0.29, 0.717) is 6.42 Å². The number of hydrogen-bond donors (Lipinski definition) is 6. The molecule has 0 aromatic heterocycles. The quantitative estimate of drug-likeness (QED) is 0.219. The summed E-state index contributed by atoms with van der Waals surface area (Å²) in [7, 11) is 0. The van der Waals surface area contributed by atoms with Crippen molar-refractivity contribution in [1.82, 2.24) is 10.6 Å². The van der Waals surface area contributed by atoms with Crippen molar-refractivity contribution in [2.24, 2.45) is 5.73 Å². The summed E-state index contributed by atoms with van der Waals surface area (Å²) in [5.74, 6) is -1.44. The third kappa shape index (κ3) is 10.7. The molecule has 1 fully saturated rings. The van der Waals surface area contributed by atoms with Crippen LogP contribution in [0.5, 0.6) is 0 Å². The van der Waals surface area contributed by atoms with E-state index in [1.54, 1.807) is 32.5 Å². The number of carbonyl (C=O) groups is 3. The number of hydrogen-bond acceptors (Lipinski definition) is 9. The van der Waals surface area contributed by atoms with Gasteiger partial charge in [-0.3, -0.25) is 14.4 Å². The first kappa shape index (κ1) is 28.8. The van der Waals surface area contributed by atoms with Crippen molar-refractivity contribution in [2.45, 2.75) is 76.5 Å². The SMILES string of the molecule is CCC(O)C(=O)C(NC(=O)C(CC(=O)O)NC(C)C)C1OCCC1O.CSCCN. The minimum absolute atomic E-state index is 0.150. The van der Waals surface area contributed by atoms with E-state index in [2.05, 4.69) is 10.6 Å². The maximum absolute atomic E-state index is 12.5. The molecule has 1 rings (SSSR count). The van der Waals surface area contributed by atoms with Crippen molar-refractivity contribution in [2.75, 3.05) is 25.2 Å². The first-order chi connectivity index (χ1) is 14.1. The molecule has 7 N–H and O–H groups in total. The molecule has 0 aliphatic carbocycles. The van der Waals surface area contributed by atoms with E-state index in [4.69, 9.17) is 15.6 Å². The predicted molar refractivity (Wildman–Crippen MR) is 115 cm³/mol. The Balaban J connectivity index is 0.00000150. The van der Waals surface area contributed by atoms with Gasteiger partial charge in [0.1, 0.15) is 18.2 Å². The van der Waals surface area contributed by atoms with Crippen molar-refractivity contribution in [3.05, 3.63) is 0 Å². The molecule has 1 heterocycles. The average Bonchev–Trinajstić information content (AvgIpc) is 3.10. The van der Waals surface area contributed by atoms with Crippen LogP contribution in [0.4, 0.5) is 0 Å². The maximum atomic E-state index is 12.5. The molecule has 1 aliphatic rings. The number of carboxylic acid groups (broad SMARTS) is 1. The van der Waals surface area contributed by atoms with Crippen LogP contribution in [0.3, 0.4) is 0 Å². The summed E-state index contributed by atoms with van der Waals surface area (Å²) in [6.07, 6.45) is -1.18. The Morgan fingerprint density at radius 3 is 2.30 bits per heavy atom. The first-order valence-corrected chi connectivity index (χ1v) is 11.5. The third-order valence-electron chi connectivity index (χ3n) is 4.30.